The molecule has 0 bridgehead atoms. The number of esters is 3. The van der Waals surface area contributed by atoms with Crippen molar-refractivity contribution in [3.8, 4) is 0 Å². The van der Waals surface area contributed by atoms with Gasteiger partial charge in [0.2, 0.25) is 0 Å². The summed E-state index contributed by atoms with van der Waals surface area (Å²) in [5.41, 5.74) is 0. The Balaban J connectivity index is 4.12. The van der Waals surface area contributed by atoms with Crippen molar-refractivity contribution >= 4 is 17.9 Å². The van der Waals surface area contributed by atoms with Gasteiger partial charge >= 0.3 is 17.9 Å². The Morgan fingerprint density at radius 3 is 0.792 bits per heavy atom. The molecule has 0 aliphatic rings. The third kappa shape index (κ3) is 63.8. The van der Waals surface area contributed by atoms with E-state index >= 15 is 0 Å². The van der Waals surface area contributed by atoms with Gasteiger partial charge < -0.3 is 14.2 Å². The van der Waals surface area contributed by atoms with Crippen LogP contribution in [0.2, 0.25) is 0 Å². The molecule has 0 saturated heterocycles. The molecule has 6 heteroatoms. The average Bonchev–Trinajstić information content (AvgIpc) is 3.43. The molecule has 0 saturated carbocycles. The van der Waals surface area contributed by atoms with Crippen molar-refractivity contribution in [3.63, 3.8) is 0 Å². The van der Waals surface area contributed by atoms with Crippen LogP contribution >= 0.6 is 0 Å². The SMILES string of the molecule is CC/C=C\C/C=C\C/C=C\C/C=C\C/C=C\CCCCCCCCCCCC(=O)OC(COC(=O)CCCCCCCCCC)COC(=O)CCCCCCCCCCCCCCCCCCCCCCCCCCCC. The Bertz CT molecular complexity index is 1380. The van der Waals surface area contributed by atoms with Crippen LogP contribution in [0.3, 0.4) is 0 Å². The van der Waals surface area contributed by atoms with Crippen LogP contribution in [0, 0.1) is 0 Å². The van der Waals surface area contributed by atoms with Crippen molar-refractivity contribution in [1.82, 2.24) is 0 Å². The third-order valence-electron chi connectivity index (χ3n) is 15.0. The molecule has 0 aliphatic carbocycles. The fourth-order valence-corrected chi connectivity index (χ4v) is 10.0. The van der Waals surface area contributed by atoms with Crippen LogP contribution in [0.25, 0.3) is 0 Å². The molecule has 0 radical (unpaired) electrons. The van der Waals surface area contributed by atoms with Crippen molar-refractivity contribution in [2.75, 3.05) is 13.2 Å². The van der Waals surface area contributed by atoms with E-state index in [1.807, 2.05) is 0 Å². The molecule has 0 amide bonds. The highest BCUT2D eigenvalue weighted by Crippen LogP contribution is 2.18. The van der Waals surface area contributed by atoms with Crippen molar-refractivity contribution in [2.45, 2.75) is 361 Å². The van der Waals surface area contributed by atoms with Gasteiger partial charge in [0, 0.05) is 19.3 Å². The maximum absolute atomic E-state index is 12.9. The van der Waals surface area contributed by atoms with E-state index < -0.39 is 6.10 Å². The van der Waals surface area contributed by atoms with Gasteiger partial charge in [0.25, 0.3) is 0 Å². The summed E-state index contributed by atoms with van der Waals surface area (Å²) in [6.07, 6.45) is 84.1. The highest BCUT2D eigenvalue weighted by atomic mass is 16.6. The number of allylic oxidation sites excluding steroid dienone is 10. The minimum Gasteiger partial charge on any atom is -0.462 e. The Morgan fingerprint density at radius 1 is 0.273 bits per heavy atom. The first-order chi connectivity index (χ1) is 38.0. The molecule has 77 heavy (non-hydrogen) atoms. The summed E-state index contributed by atoms with van der Waals surface area (Å²) < 4.78 is 16.9. The van der Waals surface area contributed by atoms with Gasteiger partial charge in [-0.3, -0.25) is 14.4 Å². The minimum atomic E-state index is -0.774. The molecule has 0 aromatic rings. The molecule has 0 heterocycles. The van der Waals surface area contributed by atoms with Crippen LogP contribution in [-0.4, -0.2) is 37.2 Å². The van der Waals surface area contributed by atoms with Crippen LogP contribution in [0.5, 0.6) is 0 Å². The first-order valence-corrected chi connectivity index (χ1v) is 33.8. The standard InChI is InChI=1S/C71H128O6/c1-4-7-10-13-16-19-21-23-25-27-29-31-33-35-37-38-40-42-44-46-48-50-52-55-58-61-64-70(73)76-67-68(66-75-69(72)63-60-57-54-18-15-12-9-6-3)77-71(74)65-62-59-56-53-51-49-47-45-43-41-39-36-34-32-30-28-26-24-22-20-17-14-11-8-5-2/h8,11,17,20,24,26,30,32,36,39,68H,4-7,9-10,12-16,18-19,21-23,25,27-29,31,33-35,37-38,40-67H2,1-3H3/b11-8-,20-17-,26-24-,32-30-,39-36-. The van der Waals surface area contributed by atoms with Crippen molar-refractivity contribution in [3.05, 3.63) is 60.8 Å². The van der Waals surface area contributed by atoms with Gasteiger partial charge in [-0.1, -0.05) is 332 Å². The van der Waals surface area contributed by atoms with Crippen LogP contribution in [-0.2, 0) is 28.6 Å². The van der Waals surface area contributed by atoms with E-state index in [1.54, 1.807) is 0 Å². The topological polar surface area (TPSA) is 78.9 Å². The second-order valence-corrected chi connectivity index (χ2v) is 22.7. The smallest absolute Gasteiger partial charge is 0.306 e. The molecule has 0 aromatic heterocycles. The molecule has 0 N–H and O–H groups in total. The van der Waals surface area contributed by atoms with E-state index in [-0.39, 0.29) is 31.1 Å². The van der Waals surface area contributed by atoms with Crippen molar-refractivity contribution in [2.24, 2.45) is 0 Å². The Morgan fingerprint density at radius 2 is 0.506 bits per heavy atom. The summed E-state index contributed by atoms with van der Waals surface area (Å²) in [6, 6.07) is 0. The average molecular weight is 1080 g/mol. The molecular formula is C71H128O6. The summed E-state index contributed by atoms with van der Waals surface area (Å²) in [5.74, 6) is -0.863. The molecule has 0 rings (SSSR count). The highest BCUT2D eigenvalue weighted by Gasteiger charge is 2.19. The van der Waals surface area contributed by atoms with Gasteiger partial charge in [-0.05, 0) is 64.2 Å². The zero-order valence-electron chi connectivity index (χ0n) is 51.5. The van der Waals surface area contributed by atoms with Gasteiger partial charge in [-0.25, -0.2) is 0 Å². The number of rotatable bonds is 62. The molecule has 0 aromatic carbocycles. The lowest BCUT2D eigenvalue weighted by Gasteiger charge is -2.18. The molecule has 0 aliphatic heterocycles. The first-order valence-electron chi connectivity index (χ1n) is 33.8. The van der Waals surface area contributed by atoms with Gasteiger partial charge in [-0.2, -0.15) is 0 Å². The highest BCUT2D eigenvalue weighted by molar-refractivity contribution is 5.71. The lowest BCUT2D eigenvalue weighted by atomic mass is 10.0. The lowest BCUT2D eigenvalue weighted by Crippen LogP contribution is -2.30. The second-order valence-electron chi connectivity index (χ2n) is 22.7. The van der Waals surface area contributed by atoms with Gasteiger partial charge in [0.05, 0.1) is 0 Å². The van der Waals surface area contributed by atoms with Gasteiger partial charge in [-0.15, -0.1) is 0 Å². The van der Waals surface area contributed by atoms with Crippen molar-refractivity contribution in [1.29, 1.82) is 0 Å². The maximum Gasteiger partial charge on any atom is 0.306 e. The number of unbranched alkanes of at least 4 members (excludes halogenated alkanes) is 41. The minimum absolute atomic E-state index is 0.0720. The molecule has 448 valence electrons. The Kier molecular flexibility index (Phi) is 63.2. The van der Waals surface area contributed by atoms with E-state index in [0.29, 0.717) is 19.3 Å². The predicted octanol–water partition coefficient (Wildman–Crippen LogP) is 23.1. The summed E-state index contributed by atoms with van der Waals surface area (Å²) in [7, 11) is 0. The fourth-order valence-electron chi connectivity index (χ4n) is 10.0. The summed E-state index contributed by atoms with van der Waals surface area (Å²) in [5, 5.41) is 0. The number of hydrogen-bond acceptors (Lipinski definition) is 6. The second kappa shape index (κ2) is 65.6. The van der Waals surface area contributed by atoms with Crippen LogP contribution in [0.4, 0.5) is 0 Å². The number of carbonyl (C=O) groups is 3. The van der Waals surface area contributed by atoms with E-state index in [9.17, 15) is 14.4 Å². The monoisotopic (exact) mass is 1080 g/mol. The van der Waals surface area contributed by atoms with E-state index in [2.05, 4.69) is 81.5 Å². The van der Waals surface area contributed by atoms with Crippen LogP contribution < -0.4 is 0 Å². The molecule has 1 atom stereocenters. The molecular weight excluding hydrogens is 949 g/mol. The number of hydrogen-bond donors (Lipinski definition) is 0. The molecule has 0 spiro atoms. The Hall–Kier alpha value is -2.89. The quantitative estimate of drug-likeness (QED) is 0.0261. The lowest BCUT2D eigenvalue weighted by molar-refractivity contribution is -0.167. The maximum atomic E-state index is 12.9. The summed E-state index contributed by atoms with van der Waals surface area (Å²) >= 11 is 0. The normalized spacial score (nSPS) is 12.4. The van der Waals surface area contributed by atoms with E-state index in [0.717, 1.165) is 96.3 Å². The van der Waals surface area contributed by atoms with Gasteiger partial charge in [0.15, 0.2) is 6.10 Å². The van der Waals surface area contributed by atoms with Crippen LogP contribution in [0.1, 0.15) is 355 Å². The van der Waals surface area contributed by atoms with Crippen LogP contribution in [0.15, 0.2) is 60.8 Å². The third-order valence-corrected chi connectivity index (χ3v) is 15.0. The van der Waals surface area contributed by atoms with E-state index in [1.165, 1.54) is 218 Å². The summed E-state index contributed by atoms with van der Waals surface area (Å²) in [6.45, 7) is 6.55. The van der Waals surface area contributed by atoms with E-state index in [4.69, 9.17) is 14.2 Å². The van der Waals surface area contributed by atoms with Crippen molar-refractivity contribution < 1.29 is 28.6 Å². The molecule has 6 nitrogen and oxygen atoms in total. The largest absolute Gasteiger partial charge is 0.462 e. The number of carbonyl (C=O) groups excluding carboxylic acids is 3. The zero-order valence-corrected chi connectivity index (χ0v) is 51.5. The van der Waals surface area contributed by atoms with Gasteiger partial charge in [0.1, 0.15) is 13.2 Å². The fraction of sp³-hybridized carbons (Fsp3) is 0.817. The zero-order chi connectivity index (χ0) is 55.7. The number of ether oxygens (including phenoxy) is 3. The first kappa shape index (κ1) is 74.1. The Labute approximate surface area is 479 Å². The summed E-state index contributed by atoms with van der Waals surface area (Å²) in [4.78, 5) is 38.2. The predicted molar refractivity (Wildman–Crippen MR) is 335 cm³/mol. The molecule has 0 fully saturated rings. The molecule has 1 unspecified atom stereocenters.